The Hall–Kier alpha value is -3.30. The first kappa shape index (κ1) is 17.5. The lowest BCUT2D eigenvalue weighted by atomic mass is 10.2. The molecular weight excluding hydrogens is 340 g/mol. The molecular formula is C16H20N6O4. The van der Waals surface area contributed by atoms with Gasteiger partial charge >= 0.3 is 0 Å². The highest BCUT2D eigenvalue weighted by molar-refractivity contribution is 6.01. The number of nitrogens with two attached hydrogens (primary N) is 1. The third-order valence-electron chi connectivity index (χ3n) is 4.12. The van der Waals surface area contributed by atoms with E-state index in [-0.39, 0.29) is 11.5 Å². The predicted octanol–water partition coefficient (Wildman–Crippen LogP) is 1.69. The molecule has 1 saturated heterocycles. The molecule has 10 nitrogen and oxygen atoms in total. The third kappa shape index (κ3) is 3.68. The molecule has 0 unspecified atom stereocenters. The van der Waals surface area contributed by atoms with Crippen molar-refractivity contribution in [2.45, 2.75) is 6.92 Å². The lowest BCUT2D eigenvalue weighted by Gasteiger charge is -2.37. The first-order valence-electron chi connectivity index (χ1n) is 8.24. The van der Waals surface area contributed by atoms with E-state index in [2.05, 4.69) is 20.1 Å². The molecule has 138 valence electrons. The average Bonchev–Trinajstić information content (AvgIpc) is 3.08. The summed E-state index contributed by atoms with van der Waals surface area (Å²) in [4.78, 5) is 19.8. The molecule has 0 aliphatic carbocycles. The zero-order chi connectivity index (χ0) is 18.5. The van der Waals surface area contributed by atoms with Crippen molar-refractivity contribution in [2.75, 3.05) is 43.4 Å². The lowest BCUT2D eigenvalue weighted by molar-refractivity contribution is -0.384. The van der Waals surface area contributed by atoms with Crippen LogP contribution in [0.1, 0.15) is 12.5 Å². The van der Waals surface area contributed by atoms with E-state index in [9.17, 15) is 10.1 Å². The summed E-state index contributed by atoms with van der Waals surface area (Å²) in [6, 6.07) is 6.56. The summed E-state index contributed by atoms with van der Waals surface area (Å²) in [6.07, 6.45) is 1.45. The van der Waals surface area contributed by atoms with Crippen LogP contribution >= 0.6 is 0 Å². The van der Waals surface area contributed by atoms with Gasteiger partial charge in [-0.15, -0.1) is 0 Å². The molecule has 3 rings (SSSR count). The fourth-order valence-electron chi connectivity index (χ4n) is 2.78. The van der Waals surface area contributed by atoms with E-state index in [0.29, 0.717) is 31.1 Å². The van der Waals surface area contributed by atoms with E-state index >= 15 is 0 Å². The van der Waals surface area contributed by atoms with Crippen LogP contribution in [0, 0.1) is 10.1 Å². The lowest BCUT2D eigenvalue weighted by Crippen LogP contribution is -2.49. The van der Waals surface area contributed by atoms with Gasteiger partial charge in [-0.25, -0.2) is 0 Å². The Bertz CT molecular complexity index is 780. The van der Waals surface area contributed by atoms with Crippen molar-refractivity contribution < 1.29 is 14.3 Å². The fourth-order valence-corrected chi connectivity index (χ4v) is 2.78. The van der Waals surface area contributed by atoms with E-state index < -0.39 is 4.92 Å². The largest absolute Gasteiger partial charge is 0.394 e. The number of nitrogens with zero attached hydrogens (tertiary/aromatic N) is 5. The minimum atomic E-state index is -0.401. The molecule has 10 heteroatoms. The Morgan fingerprint density at radius 3 is 2.58 bits per heavy atom. The normalized spacial score (nSPS) is 15.2. The fraction of sp³-hybridized carbons (Fsp3) is 0.375. The number of hydrogen-bond donors (Lipinski definition) is 1. The molecule has 1 aliphatic rings. The van der Waals surface area contributed by atoms with E-state index in [1.54, 1.807) is 12.1 Å². The van der Waals surface area contributed by atoms with Gasteiger partial charge in [0.05, 0.1) is 4.92 Å². The summed E-state index contributed by atoms with van der Waals surface area (Å²) in [5, 5.41) is 18.6. The van der Waals surface area contributed by atoms with Crippen LogP contribution in [0.25, 0.3) is 0 Å². The molecule has 0 amide bonds. The summed E-state index contributed by atoms with van der Waals surface area (Å²) in [6.45, 7) is 5.13. The van der Waals surface area contributed by atoms with Gasteiger partial charge in [0.15, 0.2) is 11.7 Å². The number of nitro groups is 1. The van der Waals surface area contributed by atoms with Crippen LogP contribution in [0.4, 0.5) is 17.2 Å². The molecule has 0 radical (unpaired) electrons. The summed E-state index contributed by atoms with van der Waals surface area (Å²) >= 11 is 0. The van der Waals surface area contributed by atoms with Gasteiger partial charge in [0.1, 0.15) is 18.4 Å². The van der Waals surface area contributed by atoms with Gasteiger partial charge < -0.3 is 24.9 Å². The number of aromatic nitrogens is 1. The molecule has 26 heavy (non-hydrogen) atoms. The minimum absolute atomic E-state index is 0.0847. The maximum atomic E-state index is 10.8. The monoisotopic (exact) mass is 360 g/mol. The number of nitrogen functional groups attached to an aromatic ring is 1. The molecule has 0 atom stereocenters. The second-order valence-corrected chi connectivity index (χ2v) is 5.69. The van der Waals surface area contributed by atoms with Crippen molar-refractivity contribution in [1.29, 1.82) is 0 Å². The van der Waals surface area contributed by atoms with Crippen LogP contribution < -0.4 is 10.6 Å². The Kier molecular flexibility index (Phi) is 5.20. The van der Waals surface area contributed by atoms with Gasteiger partial charge in [-0.3, -0.25) is 10.1 Å². The van der Waals surface area contributed by atoms with E-state index in [1.165, 1.54) is 18.4 Å². The standard InChI is InChI=1S/C16H20N6O4/c1-2-25-19-16(14-11-26-18-15(14)17)21-9-7-20(8-10-21)12-3-5-13(6-4-12)22(23)24/h3-6,11H,2,7-10H2,1H3,(H2,17,18)/b19-16-. The van der Waals surface area contributed by atoms with Crippen molar-refractivity contribution in [3.05, 3.63) is 46.2 Å². The molecule has 0 bridgehead atoms. The third-order valence-corrected chi connectivity index (χ3v) is 4.12. The number of piperazine rings is 1. The van der Waals surface area contributed by atoms with Gasteiger partial charge in [0.2, 0.25) is 0 Å². The molecule has 0 spiro atoms. The van der Waals surface area contributed by atoms with Crippen LogP contribution in [0.3, 0.4) is 0 Å². The molecule has 1 aromatic carbocycles. The van der Waals surface area contributed by atoms with Crippen LogP contribution in [-0.4, -0.2) is 53.6 Å². The van der Waals surface area contributed by atoms with Gasteiger partial charge in [-0.05, 0) is 19.1 Å². The quantitative estimate of drug-likeness (QED) is 0.370. The average molecular weight is 360 g/mol. The van der Waals surface area contributed by atoms with Gasteiger partial charge in [-0.2, -0.15) is 0 Å². The number of non-ortho nitro benzene ring substituents is 1. The number of anilines is 2. The summed E-state index contributed by atoms with van der Waals surface area (Å²) in [5.74, 6) is 0.857. The van der Waals surface area contributed by atoms with Crippen LogP contribution in [-0.2, 0) is 4.84 Å². The molecule has 2 N–H and O–H groups in total. The van der Waals surface area contributed by atoms with E-state index in [0.717, 1.165) is 18.8 Å². The first-order valence-corrected chi connectivity index (χ1v) is 8.24. The molecule has 2 aromatic rings. The maximum Gasteiger partial charge on any atom is 0.269 e. The van der Waals surface area contributed by atoms with Gasteiger partial charge in [0, 0.05) is 44.0 Å². The van der Waals surface area contributed by atoms with E-state index in [4.69, 9.17) is 15.1 Å². The van der Waals surface area contributed by atoms with Crippen LogP contribution in [0.5, 0.6) is 0 Å². The van der Waals surface area contributed by atoms with Crippen molar-refractivity contribution in [3.8, 4) is 0 Å². The van der Waals surface area contributed by atoms with Gasteiger partial charge in [0.25, 0.3) is 5.69 Å². The van der Waals surface area contributed by atoms with E-state index in [1.807, 2.05) is 6.92 Å². The highest BCUT2D eigenvalue weighted by Gasteiger charge is 2.25. The summed E-state index contributed by atoms with van der Waals surface area (Å²) < 4.78 is 4.91. The molecule has 0 saturated carbocycles. The summed E-state index contributed by atoms with van der Waals surface area (Å²) in [7, 11) is 0. The zero-order valence-corrected chi connectivity index (χ0v) is 14.4. The number of oxime groups is 1. The second kappa shape index (κ2) is 7.72. The second-order valence-electron chi connectivity index (χ2n) is 5.69. The Morgan fingerprint density at radius 1 is 1.35 bits per heavy atom. The molecule has 1 aromatic heterocycles. The van der Waals surface area contributed by atoms with Crippen molar-refractivity contribution in [2.24, 2.45) is 5.16 Å². The summed E-state index contributed by atoms with van der Waals surface area (Å²) in [5.41, 5.74) is 7.47. The van der Waals surface area contributed by atoms with Crippen LogP contribution in [0.15, 0.2) is 40.2 Å². The number of rotatable bonds is 5. The van der Waals surface area contributed by atoms with Crippen molar-refractivity contribution in [1.82, 2.24) is 10.1 Å². The molecule has 1 aliphatic heterocycles. The maximum absolute atomic E-state index is 10.8. The topological polar surface area (TPSA) is 123 Å². The number of hydrogen-bond acceptors (Lipinski definition) is 8. The number of amidine groups is 1. The highest BCUT2D eigenvalue weighted by Crippen LogP contribution is 2.22. The number of benzene rings is 1. The SMILES string of the molecule is CCO/N=C(/c1conc1N)N1CCN(c2ccc([N+](=O)[O-])cc2)CC1. The first-order chi connectivity index (χ1) is 12.6. The van der Waals surface area contributed by atoms with Crippen LogP contribution in [0.2, 0.25) is 0 Å². The minimum Gasteiger partial charge on any atom is -0.394 e. The molecule has 1 fully saturated rings. The Balaban J connectivity index is 1.70. The number of nitro benzene ring substituents is 1. The molecule has 2 heterocycles. The van der Waals surface area contributed by atoms with Crippen molar-refractivity contribution in [3.63, 3.8) is 0 Å². The van der Waals surface area contributed by atoms with Crippen molar-refractivity contribution >= 4 is 23.0 Å². The highest BCUT2D eigenvalue weighted by atomic mass is 16.6. The van der Waals surface area contributed by atoms with Gasteiger partial charge in [-0.1, -0.05) is 10.3 Å². The Morgan fingerprint density at radius 2 is 2.04 bits per heavy atom. The Labute approximate surface area is 149 Å². The predicted molar refractivity (Wildman–Crippen MR) is 96.0 cm³/mol. The zero-order valence-electron chi connectivity index (χ0n) is 14.4. The smallest absolute Gasteiger partial charge is 0.269 e.